The molecule has 3 aliphatic carbocycles. The summed E-state index contributed by atoms with van der Waals surface area (Å²) in [6.07, 6.45) is -4.68. The van der Waals surface area contributed by atoms with E-state index in [1.165, 1.54) is 6.92 Å². The number of epoxide rings is 1. The Morgan fingerprint density at radius 2 is 1.55 bits per heavy atom. The van der Waals surface area contributed by atoms with Gasteiger partial charge in [0.15, 0.2) is 0 Å². The predicted octanol–water partition coefficient (Wildman–Crippen LogP) is 0.415. The van der Waals surface area contributed by atoms with Crippen LogP contribution in [0.5, 0.6) is 0 Å². The number of rotatable bonds is 10. The van der Waals surface area contributed by atoms with Crippen molar-refractivity contribution in [2.24, 2.45) is 28.6 Å². The molecule has 0 bridgehead atoms. The van der Waals surface area contributed by atoms with Gasteiger partial charge >= 0.3 is 17.9 Å². The minimum atomic E-state index is -1.43. The van der Waals surface area contributed by atoms with Gasteiger partial charge in [0.1, 0.15) is 54.9 Å². The van der Waals surface area contributed by atoms with Gasteiger partial charge in [-0.15, -0.1) is 0 Å². The van der Waals surface area contributed by atoms with Crippen LogP contribution in [-0.2, 0) is 52.4 Å². The van der Waals surface area contributed by atoms with Crippen LogP contribution in [-0.4, -0.2) is 155 Å². The van der Waals surface area contributed by atoms with Crippen LogP contribution in [0.1, 0.15) is 79.6 Å². The van der Waals surface area contributed by atoms with E-state index in [0.717, 1.165) is 24.0 Å². The Morgan fingerprint density at radius 1 is 0.911 bits per heavy atom. The van der Waals surface area contributed by atoms with Crippen LogP contribution in [0.25, 0.3) is 0 Å². The zero-order valence-corrected chi connectivity index (χ0v) is 32.9. The van der Waals surface area contributed by atoms with E-state index in [1.54, 1.807) is 9.80 Å². The second-order valence-electron chi connectivity index (χ2n) is 18.0. The van der Waals surface area contributed by atoms with Gasteiger partial charge < -0.3 is 53.5 Å². The topological polar surface area (TPSA) is 211 Å². The van der Waals surface area contributed by atoms with E-state index in [-0.39, 0.29) is 118 Å². The van der Waals surface area contributed by atoms with Crippen molar-refractivity contribution in [3.05, 3.63) is 11.1 Å². The standard InChI is InChI=1S/C40H56N2O14/c1-20(2)39-16-24(39)34-40(56-34)37(4)11-10-22-23(17-52-35(22)50)25(37)18-53-38(40,5)36(39)55-30(46)9-7-28(44)42-14-12-41(13-15-42)27(43)6-8-29(45)51-19-26-32(48)33(49)31(47)21(3)54-26/h20-21,24-26,31-34,36,47-49H,6-19H2,1-5H3/t21?,24-,25?,26+,31+,32+,33+,34-,36-,37-,38+,39+,40+/m0/s1. The zero-order chi connectivity index (χ0) is 40.1. The van der Waals surface area contributed by atoms with Gasteiger partial charge in [0, 0.05) is 61.3 Å². The number of aliphatic hydroxyl groups is 3. The number of ether oxygens (including phenoxy) is 6. The van der Waals surface area contributed by atoms with Crippen molar-refractivity contribution in [3.8, 4) is 0 Å². The summed E-state index contributed by atoms with van der Waals surface area (Å²) in [5.41, 5.74) is -0.427. The molecule has 5 heterocycles. The first-order chi connectivity index (χ1) is 26.5. The lowest BCUT2D eigenvalue weighted by atomic mass is 9.49. The molecule has 56 heavy (non-hydrogen) atoms. The van der Waals surface area contributed by atoms with Crippen LogP contribution in [0, 0.1) is 28.6 Å². The molecule has 1 spiro atoms. The van der Waals surface area contributed by atoms with E-state index in [4.69, 9.17) is 28.4 Å². The summed E-state index contributed by atoms with van der Waals surface area (Å²) in [4.78, 5) is 67.9. The van der Waals surface area contributed by atoms with Crippen LogP contribution in [0.2, 0.25) is 0 Å². The Balaban J connectivity index is 0.820. The molecule has 3 N–H and O–H groups in total. The van der Waals surface area contributed by atoms with Crippen molar-refractivity contribution in [1.82, 2.24) is 9.80 Å². The van der Waals surface area contributed by atoms with Gasteiger partial charge in [-0.2, -0.15) is 0 Å². The average molecular weight is 789 g/mol. The van der Waals surface area contributed by atoms with E-state index < -0.39 is 59.8 Å². The van der Waals surface area contributed by atoms with E-state index in [0.29, 0.717) is 13.0 Å². The Labute approximate surface area is 326 Å². The lowest BCUT2D eigenvalue weighted by Crippen LogP contribution is -2.73. The molecule has 8 rings (SSSR count). The highest BCUT2D eigenvalue weighted by Crippen LogP contribution is 2.82. The van der Waals surface area contributed by atoms with Crippen molar-refractivity contribution in [2.75, 3.05) is 46.0 Å². The van der Waals surface area contributed by atoms with E-state index in [1.807, 2.05) is 6.92 Å². The minimum absolute atomic E-state index is 0.0217. The molecule has 16 nitrogen and oxygen atoms in total. The number of piperazine rings is 1. The lowest BCUT2D eigenvalue weighted by molar-refractivity contribution is -0.265. The number of carbonyl (C=O) groups is 5. The molecule has 310 valence electrons. The zero-order valence-electron chi connectivity index (χ0n) is 32.9. The highest BCUT2D eigenvalue weighted by atomic mass is 16.7. The van der Waals surface area contributed by atoms with Crippen molar-refractivity contribution in [3.63, 3.8) is 0 Å². The first kappa shape index (κ1) is 39.7. The predicted molar refractivity (Wildman–Crippen MR) is 191 cm³/mol. The van der Waals surface area contributed by atoms with Crippen LogP contribution in [0.3, 0.4) is 0 Å². The number of nitrogens with zero attached hydrogens (tertiary/aromatic N) is 2. The normalized spacial score (nSPS) is 43.4. The van der Waals surface area contributed by atoms with Gasteiger partial charge in [-0.05, 0) is 50.5 Å². The molecule has 8 aliphatic rings. The number of amides is 2. The third-order valence-corrected chi connectivity index (χ3v) is 15.1. The molecule has 2 unspecified atom stereocenters. The molecule has 5 aliphatic heterocycles. The quantitative estimate of drug-likeness (QED) is 0.156. The average Bonchev–Trinajstić information content (AvgIpc) is 4.08. The van der Waals surface area contributed by atoms with E-state index >= 15 is 0 Å². The Morgan fingerprint density at radius 3 is 2.20 bits per heavy atom. The van der Waals surface area contributed by atoms with Gasteiger partial charge in [0.05, 0.1) is 31.7 Å². The summed E-state index contributed by atoms with van der Waals surface area (Å²) in [6.45, 7) is 11.6. The summed E-state index contributed by atoms with van der Waals surface area (Å²) in [6, 6.07) is 0. The van der Waals surface area contributed by atoms with E-state index in [2.05, 4.69) is 20.8 Å². The van der Waals surface area contributed by atoms with Crippen molar-refractivity contribution in [1.29, 1.82) is 0 Å². The molecule has 4 saturated heterocycles. The fourth-order valence-corrected chi connectivity index (χ4v) is 11.7. The summed E-state index contributed by atoms with van der Waals surface area (Å²) < 4.78 is 36.2. The van der Waals surface area contributed by atoms with Crippen LogP contribution in [0.4, 0.5) is 0 Å². The lowest BCUT2D eigenvalue weighted by Gasteiger charge is -2.61. The Bertz CT molecular complexity index is 1690. The number of cyclic esters (lactones) is 1. The smallest absolute Gasteiger partial charge is 0.334 e. The fourth-order valence-electron chi connectivity index (χ4n) is 11.7. The molecule has 0 aromatic heterocycles. The molecule has 13 atom stereocenters. The molecular formula is C40H56N2O14. The van der Waals surface area contributed by atoms with Gasteiger partial charge in [-0.1, -0.05) is 20.8 Å². The Kier molecular flexibility index (Phi) is 9.92. The number of fused-ring (bicyclic) bond motifs is 4. The SMILES string of the molecule is CC1O[C@H](COC(=O)CCC(=O)N2CCN(C(=O)CCC(=O)O[C@@H]3[C@@]4(C(C)C)C[C@H]4[C@@H]4O[C@@]45[C@@]4(C)CCC6=C(COC6=O)C4CO[C@]35C)CC2)[C@@H](O)[C@H](O)[C@@H]1O. The third-order valence-electron chi connectivity index (χ3n) is 15.1. The second-order valence-corrected chi connectivity index (χ2v) is 18.0. The number of hydrogen-bond donors (Lipinski definition) is 3. The summed E-state index contributed by atoms with van der Waals surface area (Å²) >= 11 is 0. The molecular weight excluding hydrogens is 732 g/mol. The molecule has 2 saturated carbocycles. The number of carbonyl (C=O) groups excluding carboxylic acids is 5. The van der Waals surface area contributed by atoms with E-state index in [9.17, 15) is 39.3 Å². The Hall–Kier alpha value is -3.15. The monoisotopic (exact) mass is 788 g/mol. The van der Waals surface area contributed by atoms with Crippen molar-refractivity contribution in [2.45, 2.75) is 133 Å². The molecule has 16 heteroatoms. The molecule has 2 amide bonds. The molecule has 0 aromatic carbocycles. The van der Waals surface area contributed by atoms with Gasteiger partial charge in [-0.3, -0.25) is 19.2 Å². The summed E-state index contributed by atoms with van der Waals surface area (Å²) in [5, 5.41) is 29.9. The summed E-state index contributed by atoms with van der Waals surface area (Å²) in [5.74, 6) is -1.44. The van der Waals surface area contributed by atoms with Crippen LogP contribution in [0.15, 0.2) is 11.1 Å². The maximum Gasteiger partial charge on any atom is 0.334 e. The summed E-state index contributed by atoms with van der Waals surface area (Å²) in [7, 11) is 0. The minimum Gasteiger partial charge on any atom is -0.463 e. The highest BCUT2D eigenvalue weighted by molar-refractivity contribution is 5.92. The maximum atomic E-state index is 13.7. The van der Waals surface area contributed by atoms with Crippen molar-refractivity contribution >= 4 is 29.7 Å². The first-order valence-corrected chi connectivity index (χ1v) is 20.3. The molecule has 0 aromatic rings. The van der Waals surface area contributed by atoms with Gasteiger partial charge in [0.25, 0.3) is 0 Å². The number of esters is 3. The highest BCUT2D eigenvalue weighted by Gasteiger charge is 2.93. The van der Waals surface area contributed by atoms with Crippen LogP contribution >= 0.6 is 0 Å². The largest absolute Gasteiger partial charge is 0.463 e. The fraction of sp³-hybridized carbons (Fsp3) is 0.825. The number of hydrogen-bond acceptors (Lipinski definition) is 14. The van der Waals surface area contributed by atoms with Crippen LogP contribution < -0.4 is 0 Å². The van der Waals surface area contributed by atoms with Gasteiger partial charge in [-0.25, -0.2) is 4.79 Å². The molecule has 6 fully saturated rings. The molecule has 0 radical (unpaired) electrons. The third kappa shape index (κ3) is 5.86. The van der Waals surface area contributed by atoms with Crippen molar-refractivity contribution < 1.29 is 67.7 Å². The van der Waals surface area contributed by atoms with Gasteiger partial charge in [0.2, 0.25) is 11.8 Å². The number of aliphatic hydroxyl groups excluding tert-OH is 3. The maximum absolute atomic E-state index is 13.7. The first-order valence-electron chi connectivity index (χ1n) is 20.3. The second kappa shape index (κ2) is 14.0.